The standard InChI is InChI=1S/C26H26N2O8/c1-31-20-11-8-17(12-21(20)32-2)26(30)36-19-9-6-16(7-10-19)15-27-28-25(29)18-13-22(33-3)24(35-5)23(14-18)34-4/h6-15H,1-5H3,(H,28,29)/b27-15+. The van der Waals surface area contributed by atoms with E-state index in [1.807, 2.05) is 0 Å². The van der Waals surface area contributed by atoms with Gasteiger partial charge in [-0.05, 0) is 60.2 Å². The van der Waals surface area contributed by atoms with Crippen LogP contribution in [0.2, 0.25) is 0 Å². The number of hydrogen-bond donors (Lipinski definition) is 1. The first-order chi connectivity index (χ1) is 17.4. The number of methoxy groups -OCH3 is 5. The van der Waals surface area contributed by atoms with Crippen molar-refractivity contribution >= 4 is 18.1 Å². The summed E-state index contributed by atoms with van der Waals surface area (Å²) >= 11 is 0. The van der Waals surface area contributed by atoms with Crippen molar-refractivity contribution in [3.63, 3.8) is 0 Å². The smallest absolute Gasteiger partial charge is 0.343 e. The predicted molar refractivity (Wildman–Crippen MR) is 132 cm³/mol. The van der Waals surface area contributed by atoms with E-state index in [0.717, 1.165) is 0 Å². The fraction of sp³-hybridized carbons (Fsp3) is 0.192. The third-order valence-electron chi connectivity index (χ3n) is 5.02. The lowest BCUT2D eigenvalue weighted by Gasteiger charge is -2.13. The first-order valence-corrected chi connectivity index (χ1v) is 10.6. The average molecular weight is 495 g/mol. The van der Waals surface area contributed by atoms with Crippen LogP contribution in [-0.4, -0.2) is 53.6 Å². The lowest BCUT2D eigenvalue weighted by atomic mass is 10.1. The Balaban J connectivity index is 1.63. The number of rotatable bonds is 10. The number of nitrogens with one attached hydrogen (secondary N) is 1. The average Bonchev–Trinajstić information content (AvgIpc) is 2.92. The third kappa shape index (κ3) is 6.03. The Kier molecular flexibility index (Phi) is 8.71. The molecule has 3 rings (SSSR count). The van der Waals surface area contributed by atoms with E-state index in [2.05, 4.69) is 10.5 Å². The van der Waals surface area contributed by atoms with Crippen LogP contribution in [0.15, 0.2) is 59.7 Å². The molecule has 0 saturated carbocycles. The van der Waals surface area contributed by atoms with Gasteiger partial charge in [-0.3, -0.25) is 4.79 Å². The number of hydrogen-bond acceptors (Lipinski definition) is 9. The van der Waals surface area contributed by atoms with E-state index >= 15 is 0 Å². The number of ether oxygens (including phenoxy) is 6. The zero-order valence-electron chi connectivity index (χ0n) is 20.5. The van der Waals surface area contributed by atoms with Gasteiger partial charge in [-0.2, -0.15) is 5.10 Å². The van der Waals surface area contributed by atoms with Crippen molar-refractivity contribution in [1.29, 1.82) is 0 Å². The molecule has 188 valence electrons. The molecule has 0 bridgehead atoms. The summed E-state index contributed by atoms with van der Waals surface area (Å²) in [6.07, 6.45) is 1.45. The van der Waals surface area contributed by atoms with Crippen LogP contribution in [0.1, 0.15) is 26.3 Å². The van der Waals surface area contributed by atoms with E-state index in [1.54, 1.807) is 42.5 Å². The Bertz CT molecular complexity index is 1230. The molecule has 0 aliphatic carbocycles. The van der Waals surface area contributed by atoms with E-state index < -0.39 is 11.9 Å². The lowest BCUT2D eigenvalue weighted by Crippen LogP contribution is -2.18. The summed E-state index contributed by atoms with van der Waals surface area (Å²) in [7, 11) is 7.41. The minimum Gasteiger partial charge on any atom is -0.493 e. The second-order valence-corrected chi connectivity index (χ2v) is 7.14. The second-order valence-electron chi connectivity index (χ2n) is 7.14. The number of carbonyl (C=O) groups excluding carboxylic acids is 2. The van der Waals surface area contributed by atoms with Gasteiger partial charge in [0.05, 0.1) is 47.3 Å². The van der Waals surface area contributed by atoms with Gasteiger partial charge in [0, 0.05) is 5.56 Å². The zero-order chi connectivity index (χ0) is 26.1. The molecule has 0 aliphatic rings. The van der Waals surface area contributed by atoms with Gasteiger partial charge >= 0.3 is 5.97 Å². The molecule has 0 fully saturated rings. The van der Waals surface area contributed by atoms with Crippen LogP contribution < -0.4 is 33.8 Å². The Hall–Kier alpha value is -4.73. The normalized spacial score (nSPS) is 10.5. The Labute approximate surface area is 208 Å². The summed E-state index contributed by atoms with van der Waals surface area (Å²) in [4.78, 5) is 25.0. The van der Waals surface area contributed by atoms with Gasteiger partial charge in [0.15, 0.2) is 23.0 Å². The van der Waals surface area contributed by atoms with Gasteiger partial charge < -0.3 is 28.4 Å². The second kappa shape index (κ2) is 12.1. The fourth-order valence-corrected chi connectivity index (χ4v) is 3.19. The summed E-state index contributed by atoms with van der Waals surface area (Å²) in [5.74, 6) is 1.34. The van der Waals surface area contributed by atoms with Crippen LogP contribution in [-0.2, 0) is 0 Å². The molecule has 0 aliphatic heterocycles. The van der Waals surface area contributed by atoms with Crippen molar-refractivity contribution < 1.29 is 38.0 Å². The van der Waals surface area contributed by atoms with Crippen LogP contribution in [0.25, 0.3) is 0 Å². The summed E-state index contributed by atoms with van der Waals surface area (Å²) in [5.41, 5.74) is 3.71. The Morgan fingerprint density at radius 2 is 1.28 bits per heavy atom. The molecule has 0 atom stereocenters. The van der Waals surface area contributed by atoms with Crippen LogP contribution in [0.5, 0.6) is 34.5 Å². The Morgan fingerprint density at radius 3 is 1.83 bits per heavy atom. The highest BCUT2D eigenvalue weighted by Gasteiger charge is 2.17. The van der Waals surface area contributed by atoms with Crippen molar-refractivity contribution in [3.05, 3.63) is 71.3 Å². The maximum Gasteiger partial charge on any atom is 0.343 e. The monoisotopic (exact) mass is 494 g/mol. The number of carbonyl (C=O) groups is 2. The number of esters is 1. The number of nitrogens with zero attached hydrogens (tertiary/aromatic N) is 1. The van der Waals surface area contributed by atoms with Gasteiger partial charge in [0.1, 0.15) is 5.75 Å². The largest absolute Gasteiger partial charge is 0.493 e. The SMILES string of the molecule is COc1ccc(C(=O)Oc2ccc(/C=N/NC(=O)c3cc(OC)c(OC)c(OC)c3)cc2)cc1OC. The van der Waals surface area contributed by atoms with Gasteiger partial charge in [0.2, 0.25) is 5.75 Å². The molecule has 0 radical (unpaired) electrons. The minimum atomic E-state index is -0.546. The molecule has 3 aromatic carbocycles. The molecule has 36 heavy (non-hydrogen) atoms. The van der Waals surface area contributed by atoms with Crippen LogP contribution in [0, 0.1) is 0 Å². The lowest BCUT2D eigenvalue weighted by molar-refractivity contribution is 0.0734. The zero-order valence-corrected chi connectivity index (χ0v) is 20.5. The molecule has 1 N–H and O–H groups in total. The maximum absolute atomic E-state index is 12.5. The maximum atomic E-state index is 12.5. The molecular weight excluding hydrogens is 468 g/mol. The first kappa shape index (κ1) is 25.9. The van der Waals surface area contributed by atoms with Crippen molar-refractivity contribution in [1.82, 2.24) is 5.43 Å². The van der Waals surface area contributed by atoms with Crippen molar-refractivity contribution in [2.24, 2.45) is 5.10 Å². The van der Waals surface area contributed by atoms with Gasteiger partial charge in [0.25, 0.3) is 5.91 Å². The number of amides is 1. The quantitative estimate of drug-likeness (QED) is 0.196. The topological polar surface area (TPSA) is 114 Å². The number of hydrazone groups is 1. The Morgan fingerprint density at radius 1 is 0.694 bits per heavy atom. The summed E-state index contributed by atoms with van der Waals surface area (Å²) < 4.78 is 31.6. The van der Waals surface area contributed by atoms with E-state index in [4.69, 9.17) is 28.4 Å². The molecule has 10 heteroatoms. The highest BCUT2D eigenvalue weighted by molar-refractivity contribution is 5.96. The van der Waals surface area contributed by atoms with Gasteiger partial charge in [-0.1, -0.05) is 0 Å². The molecule has 3 aromatic rings. The van der Waals surface area contributed by atoms with Crippen LogP contribution in [0.3, 0.4) is 0 Å². The molecule has 0 unspecified atom stereocenters. The number of benzene rings is 3. The predicted octanol–water partition coefficient (Wildman–Crippen LogP) is 3.71. The van der Waals surface area contributed by atoms with E-state index in [0.29, 0.717) is 45.6 Å². The summed E-state index contributed by atoms with van der Waals surface area (Å²) in [5, 5.41) is 3.97. The molecule has 0 heterocycles. The summed E-state index contributed by atoms with van der Waals surface area (Å²) in [6.45, 7) is 0. The molecule has 10 nitrogen and oxygen atoms in total. The van der Waals surface area contributed by atoms with Gasteiger partial charge in [-0.25, -0.2) is 10.2 Å². The first-order valence-electron chi connectivity index (χ1n) is 10.6. The molecular formula is C26H26N2O8. The molecule has 0 aromatic heterocycles. The van der Waals surface area contributed by atoms with Crippen LogP contribution >= 0.6 is 0 Å². The van der Waals surface area contributed by atoms with Crippen molar-refractivity contribution in [3.8, 4) is 34.5 Å². The molecule has 1 amide bonds. The third-order valence-corrected chi connectivity index (χ3v) is 5.02. The highest BCUT2D eigenvalue weighted by Crippen LogP contribution is 2.38. The minimum absolute atomic E-state index is 0.277. The van der Waals surface area contributed by atoms with Crippen molar-refractivity contribution in [2.75, 3.05) is 35.5 Å². The summed E-state index contributed by atoms with van der Waals surface area (Å²) in [6, 6.07) is 14.4. The molecule has 0 spiro atoms. The van der Waals surface area contributed by atoms with E-state index in [9.17, 15) is 9.59 Å². The van der Waals surface area contributed by atoms with E-state index in [1.165, 1.54) is 53.9 Å². The molecule has 0 saturated heterocycles. The van der Waals surface area contributed by atoms with Crippen LogP contribution in [0.4, 0.5) is 0 Å². The van der Waals surface area contributed by atoms with Gasteiger partial charge in [-0.15, -0.1) is 0 Å². The van der Waals surface area contributed by atoms with E-state index in [-0.39, 0.29) is 5.56 Å². The van der Waals surface area contributed by atoms with Crippen molar-refractivity contribution in [2.45, 2.75) is 0 Å². The highest BCUT2D eigenvalue weighted by atomic mass is 16.5. The fourth-order valence-electron chi connectivity index (χ4n) is 3.19.